The van der Waals surface area contributed by atoms with E-state index >= 15 is 0 Å². The molecular formula is C48H40. The molecule has 0 saturated heterocycles. The van der Waals surface area contributed by atoms with Gasteiger partial charge in [-0.3, -0.25) is 0 Å². The lowest BCUT2D eigenvalue weighted by molar-refractivity contribution is 0.947. The number of hydrogen-bond donors (Lipinski definition) is 0. The highest BCUT2D eigenvalue weighted by molar-refractivity contribution is 5.92. The summed E-state index contributed by atoms with van der Waals surface area (Å²) in [7, 11) is 0. The molecule has 0 saturated carbocycles. The molecule has 0 N–H and O–H groups in total. The third-order valence-corrected chi connectivity index (χ3v) is 11.1. The Hall–Kier alpha value is -5.20. The van der Waals surface area contributed by atoms with Gasteiger partial charge in [0.25, 0.3) is 0 Å². The molecule has 0 nitrogen and oxygen atoms in total. The van der Waals surface area contributed by atoms with E-state index < -0.39 is 0 Å². The Morgan fingerprint density at radius 3 is 0.417 bits per heavy atom. The molecule has 0 aromatic heterocycles. The van der Waals surface area contributed by atoms with Crippen molar-refractivity contribution in [2.75, 3.05) is 0 Å². The van der Waals surface area contributed by atoms with Gasteiger partial charge in [-0.05, 0) is 139 Å². The summed E-state index contributed by atoms with van der Waals surface area (Å²) in [5.74, 6) is 0. The fourth-order valence-corrected chi connectivity index (χ4v) is 8.52. The molecule has 8 bridgehead atoms. The second-order valence-corrected chi connectivity index (χ2v) is 13.7. The lowest BCUT2D eigenvalue weighted by Gasteiger charge is -2.16. The van der Waals surface area contributed by atoms with Gasteiger partial charge in [-0.1, -0.05) is 146 Å². The van der Waals surface area contributed by atoms with Crippen molar-refractivity contribution in [2.24, 2.45) is 0 Å². The third kappa shape index (κ3) is 5.26. The Morgan fingerprint density at radius 1 is 0.167 bits per heavy atom. The van der Waals surface area contributed by atoms with Gasteiger partial charge in [0, 0.05) is 0 Å². The minimum atomic E-state index is 1.10. The van der Waals surface area contributed by atoms with Gasteiger partial charge >= 0.3 is 0 Å². The van der Waals surface area contributed by atoms with Crippen molar-refractivity contribution in [2.45, 2.75) is 51.4 Å². The Labute approximate surface area is 283 Å². The minimum Gasteiger partial charge on any atom is -0.0616 e. The summed E-state index contributed by atoms with van der Waals surface area (Å²) < 4.78 is 0. The lowest BCUT2D eigenvalue weighted by Crippen LogP contribution is -2.01. The number of fused-ring (bicyclic) bond motifs is 8. The molecule has 0 unspecified atom stereocenters. The fraction of sp³-hybridized carbons (Fsp3) is 0.167. The Morgan fingerprint density at radius 2 is 0.292 bits per heavy atom. The van der Waals surface area contributed by atoms with E-state index in [1.165, 1.54) is 87.6 Å². The van der Waals surface area contributed by atoms with E-state index in [2.05, 4.69) is 146 Å². The molecule has 232 valence electrons. The first kappa shape index (κ1) is 29.0. The molecule has 8 aromatic rings. The summed E-state index contributed by atoms with van der Waals surface area (Å²) in [6, 6.07) is 54.5. The first-order valence-corrected chi connectivity index (χ1v) is 17.8. The second kappa shape index (κ2) is 12.4. The SMILES string of the molecule is c1ccc2c3ccc(c2c1)CCc1ccc(c2ccccc12)CC3.c1ccc2c3ccc(c2c1)CCc1ccc(c2ccccc12)CC3. The fourth-order valence-electron chi connectivity index (χ4n) is 8.52. The van der Waals surface area contributed by atoms with Crippen LogP contribution in [0.25, 0.3) is 43.1 Å². The molecule has 0 radical (unpaired) electrons. The lowest BCUT2D eigenvalue weighted by atomic mass is 9.88. The number of rotatable bonds is 0. The zero-order chi connectivity index (χ0) is 31.9. The summed E-state index contributed by atoms with van der Waals surface area (Å²) in [6.45, 7) is 0. The first-order valence-electron chi connectivity index (χ1n) is 17.8. The normalized spacial score (nSPS) is 14.0. The van der Waals surface area contributed by atoms with Crippen LogP contribution in [0, 0.1) is 0 Å². The van der Waals surface area contributed by atoms with Crippen molar-refractivity contribution < 1.29 is 0 Å². The standard InChI is InChI=1S/2C24H20/c2*1-2-6-22-18-10-9-17(21(22)5-1)13-14-19-11-12-20(16-15-18)24-8-4-3-7-23(19)24/h2*1-12H,13-16H2. The van der Waals surface area contributed by atoms with Crippen LogP contribution in [0.4, 0.5) is 0 Å². The number of hydrogen-bond acceptors (Lipinski definition) is 0. The summed E-state index contributed by atoms with van der Waals surface area (Å²) in [5.41, 5.74) is 11.8. The quantitative estimate of drug-likeness (QED) is 0.159. The molecule has 0 spiro atoms. The molecule has 4 aliphatic rings. The number of benzene rings is 8. The van der Waals surface area contributed by atoms with E-state index in [0.29, 0.717) is 0 Å². The minimum absolute atomic E-state index is 1.10. The van der Waals surface area contributed by atoms with Crippen LogP contribution in [0.2, 0.25) is 0 Å². The predicted octanol–water partition coefficient (Wildman–Crippen LogP) is 11.8. The van der Waals surface area contributed by atoms with E-state index in [4.69, 9.17) is 0 Å². The Balaban J connectivity index is 0.000000131. The van der Waals surface area contributed by atoms with Gasteiger partial charge in [0.15, 0.2) is 0 Å². The molecule has 0 atom stereocenters. The maximum absolute atomic E-state index is 2.35. The van der Waals surface area contributed by atoms with Gasteiger partial charge in [0.05, 0.1) is 0 Å². The van der Waals surface area contributed by atoms with E-state index in [-0.39, 0.29) is 0 Å². The van der Waals surface area contributed by atoms with Gasteiger partial charge in [-0.2, -0.15) is 0 Å². The molecular weight excluding hydrogens is 577 g/mol. The molecule has 0 heteroatoms. The van der Waals surface area contributed by atoms with Crippen molar-refractivity contribution in [1.29, 1.82) is 0 Å². The van der Waals surface area contributed by atoms with Gasteiger partial charge in [0.2, 0.25) is 0 Å². The van der Waals surface area contributed by atoms with Crippen LogP contribution in [0.1, 0.15) is 44.5 Å². The highest BCUT2D eigenvalue weighted by atomic mass is 14.2. The van der Waals surface area contributed by atoms with Crippen molar-refractivity contribution in [3.8, 4) is 0 Å². The maximum Gasteiger partial charge on any atom is -0.0149 e. The van der Waals surface area contributed by atoms with E-state index in [1.54, 1.807) is 0 Å². The third-order valence-electron chi connectivity index (χ3n) is 11.1. The molecule has 0 heterocycles. The smallest absolute Gasteiger partial charge is 0.0149 e. The van der Waals surface area contributed by atoms with E-state index in [1.807, 2.05) is 0 Å². The molecule has 8 aromatic carbocycles. The topological polar surface area (TPSA) is 0 Å². The molecule has 0 amide bonds. The van der Waals surface area contributed by atoms with E-state index in [9.17, 15) is 0 Å². The average molecular weight is 617 g/mol. The van der Waals surface area contributed by atoms with Gasteiger partial charge in [-0.25, -0.2) is 0 Å². The summed E-state index contributed by atoms with van der Waals surface area (Å²) in [4.78, 5) is 0. The highest BCUT2D eigenvalue weighted by Gasteiger charge is 2.14. The van der Waals surface area contributed by atoms with Crippen molar-refractivity contribution in [1.82, 2.24) is 0 Å². The van der Waals surface area contributed by atoms with Crippen molar-refractivity contribution in [3.63, 3.8) is 0 Å². The molecule has 4 aliphatic carbocycles. The molecule has 48 heavy (non-hydrogen) atoms. The second-order valence-electron chi connectivity index (χ2n) is 13.7. The van der Waals surface area contributed by atoms with E-state index in [0.717, 1.165) is 51.4 Å². The zero-order valence-corrected chi connectivity index (χ0v) is 27.5. The number of aryl methyl sites for hydroxylation is 8. The zero-order valence-electron chi connectivity index (χ0n) is 27.5. The Kier molecular flexibility index (Phi) is 7.51. The highest BCUT2D eigenvalue weighted by Crippen LogP contribution is 2.32. The van der Waals surface area contributed by atoms with Crippen LogP contribution in [-0.2, 0) is 51.4 Å². The van der Waals surface area contributed by atoms with Crippen molar-refractivity contribution in [3.05, 3.63) is 190 Å². The summed E-state index contributed by atoms with van der Waals surface area (Å²) in [6.07, 6.45) is 8.81. The predicted molar refractivity (Wildman–Crippen MR) is 205 cm³/mol. The van der Waals surface area contributed by atoms with Gasteiger partial charge in [0.1, 0.15) is 0 Å². The maximum atomic E-state index is 2.35. The molecule has 0 fully saturated rings. The average Bonchev–Trinajstić information content (AvgIpc) is 3.14. The van der Waals surface area contributed by atoms with Crippen LogP contribution in [-0.4, -0.2) is 0 Å². The van der Waals surface area contributed by atoms with Crippen LogP contribution in [0.5, 0.6) is 0 Å². The molecule has 0 aliphatic heterocycles. The summed E-state index contributed by atoms with van der Waals surface area (Å²) >= 11 is 0. The van der Waals surface area contributed by atoms with Crippen molar-refractivity contribution >= 4 is 43.1 Å². The van der Waals surface area contributed by atoms with Crippen LogP contribution in [0.15, 0.2) is 146 Å². The monoisotopic (exact) mass is 616 g/mol. The van der Waals surface area contributed by atoms with Gasteiger partial charge in [-0.15, -0.1) is 0 Å². The van der Waals surface area contributed by atoms with Gasteiger partial charge < -0.3 is 0 Å². The van der Waals surface area contributed by atoms with Crippen LogP contribution < -0.4 is 0 Å². The van der Waals surface area contributed by atoms with Crippen LogP contribution >= 0.6 is 0 Å². The summed E-state index contributed by atoms with van der Waals surface area (Å²) in [5, 5.41) is 11.5. The Bertz CT molecular complexity index is 1940. The first-order chi connectivity index (χ1) is 23.8. The largest absolute Gasteiger partial charge is 0.0616 e. The molecule has 12 rings (SSSR count). The van der Waals surface area contributed by atoms with Crippen LogP contribution in [0.3, 0.4) is 0 Å².